The highest BCUT2D eigenvalue weighted by Gasteiger charge is 2.41. The number of nitrogens with zero attached hydrogens (tertiary/aromatic N) is 2. The molecule has 182 valence electrons. The maximum atomic E-state index is 13.5. The summed E-state index contributed by atoms with van der Waals surface area (Å²) in [5, 5.41) is 10.8. The van der Waals surface area contributed by atoms with Gasteiger partial charge < -0.3 is 15.4 Å². The summed E-state index contributed by atoms with van der Waals surface area (Å²) in [6, 6.07) is 23.7. The molecule has 0 unspecified atom stereocenters. The zero-order valence-corrected chi connectivity index (χ0v) is 20.5. The maximum absolute atomic E-state index is 13.5. The van der Waals surface area contributed by atoms with Crippen LogP contribution in [-0.4, -0.2) is 34.2 Å². The fourth-order valence-corrected chi connectivity index (χ4v) is 4.68. The average molecular weight is 481 g/mol. The molecule has 2 atom stereocenters. The molecule has 1 aliphatic heterocycles. The zero-order valence-electron chi connectivity index (χ0n) is 20.5. The third kappa shape index (κ3) is 4.35. The van der Waals surface area contributed by atoms with E-state index in [1.54, 1.807) is 28.9 Å². The summed E-state index contributed by atoms with van der Waals surface area (Å²) in [4.78, 5) is 26.6. The van der Waals surface area contributed by atoms with Gasteiger partial charge in [0.2, 0.25) is 5.91 Å². The van der Waals surface area contributed by atoms with Crippen molar-refractivity contribution in [3.8, 4) is 11.4 Å². The van der Waals surface area contributed by atoms with Crippen LogP contribution < -0.4 is 15.4 Å². The van der Waals surface area contributed by atoms with E-state index in [4.69, 9.17) is 9.84 Å². The van der Waals surface area contributed by atoms with Crippen LogP contribution in [-0.2, 0) is 4.79 Å². The first-order valence-corrected chi connectivity index (χ1v) is 12.0. The molecule has 0 radical (unpaired) electrons. The van der Waals surface area contributed by atoms with Crippen LogP contribution in [0.4, 0.5) is 5.82 Å². The van der Waals surface area contributed by atoms with Crippen LogP contribution in [0.2, 0.25) is 0 Å². The summed E-state index contributed by atoms with van der Waals surface area (Å²) in [5.41, 5.74) is 5.02. The molecular weight excluding hydrogens is 452 g/mol. The van der Waals surface area contributed by atoms with E-state index in [-0.39, 0.29) is 11.8 Å². The fourth-order valence-electron chi connectivity index (χ4n) is 4.68. The Balaban J connectivity index is 1.61. The van der Waals surface area contributed by atoms with Crippen LogP contribution >= 0.6 is 0 Å². The molecule has 0 spiro atoms. The van der Waals surface area contributed by atoms with Gasteiger partial charge in [0.15, 0.2) is 0 Å². The van der Waals surface area contributed by atoms with Gasteiger partial charge in [-0.25, -0.2) is 4.68 Å². The highest BCUT2D eigenvalue weighted by molar-refractivity contribution is 6.04. The number of anilines is 1. The molecule has 36 heavy (non-hydrogen) atoms. The molecular formula is C29H28N4O3. The van der Waals surface area contributed by atoms with Crippen molar-refractivity contribution in [3.05, 3.63) is 107 Å². The third-order valence-electron chi connectivity index (χ3n) is 6.43. The average Bonchev–Trinajstić information content (AvgIpc) is 3.21. The van der Waals surface area contributed by atoms with Crippen LogP contribution in [0.25, 0.3) is 5.69 Å². The number of hydrogen-bond acceptors (Lipinski definition) is 4. The number of hydrogen-bond donors (Lipinski definition) is 2. The molecule has 0 fully saturated rings. The minimum Gasteiger partial charge on any atom is -0.494 e. The Morgan fingerprint density at radius 3 is 2.36 bits per heavy atom. The number of rotatable bonds is 6. The van der Waals surface area contributed by atoms with Crippen LogP contribution in [0.3, 0.4) is 0 Å². The Labute approximate surface area is 210 Å². The lowest BCUT2D eigenvalue weighted by Gasteiger charge is -2.33. The molecule has 4 aromatic rings. The van der Waals surface area contributed by atoms with Gasteiger partial charge in [-0.1, -0.05) is 48.0 Å². The third-order valence-corrected chi connectivity index (χ3v) is 6.43. The van der Waals surface area contributed by atoms with Crippen molar-refractivity contribution < 1.29 is 14.3 Å². The van der Waals surface area contributed by atoms with Gasteiger partial charge >= 0.3 is 0 Å². The number of carbonyl (C=O) groups is 2. The summed E-state index contributed by atoms with van der Waals surface area (Å²) in [7, 11) is 0. The number of nitrogens with one attached hydrogen (secondary N) is 2. The molecule has 1 aliphatic rings. The van der Waals surface area contributed by atoms with Crippen LogP contribution in [0.5, 0.6) is 5.75 Å². The van der Waals surface area contributed by atoms with Crippen LogP contribution in [0.15, 0.2) is 78.9 Å². The molecule has 0 saturated heterocycles. The maximum Gasteiger partial charge on any atom is 0.251 e. The minimum absolute atomic E-state index is 0.293. The Morgan fingerprint density at radius 1 is 1.00 bits per heavy atom. The van der Waals surface area contributed by atoms with E-state index in [1.807, 2.05) is 75.4 Å². The van der Waals surface area contributed by atoms with Crippen molar-refractivity contribution in [2.45, 2.75) is 32.7 Å². The summed E-state index contributed by atoms with van der Waals surface area (Å²) >= 11 is 0. The lowest BCUT2D eigenvalue weighted by Crippen LogP contribution is -2.50. The SMILES string of the molecule is CCOc1ccc([C@@H]2c3c(C)nn(-c4ccc(C)cc4)c3NC(=O)[C@H]2NC(=O)c2ccccc2)cc1. The zero-order chi connectivity index (χ0) is 25.2. The molecule has 3 aromatic carbocycles. The topological polar surface area (TPSA) is 85.2 Å². The molecule has 0 saturated carbocycles. The summed E-state index contributed by atoms with van der Waals surface area (Å²) in [6.07, 6.45) is 0. The Kier molecular flexibility index (Phi) is 6.29. The standard InChI is InChI=1S/C29H28N4O3/c1-4-36-23-16-12-20(13-17-23)25-24-19(3)32-33(22-14-10-18(2)11-15-22)27(24)31-29(35)26(25)30-28(34)21-8-6-5-7-9-21/h5-17,25-26H,4H2,1-3H3,(H,30,34)(H,31,35)/t25-,26+/m1/s1. The molecule has 0 bridgehead atoms. The van der Waals surface area contributed by atoms with Crippen molar-refractivity contribution in [2.24, 2.45) is 0 Å². The molecule has 2 amide bonds. The van der Waals surface area contributed by atoms with Gasteiger partial charge in [0.05, 0.1) is 18.0 Å². The van der Waals surface area contributed by atoms with Gasteiger partial charge in [-0.15, -0.1) is 0 Å². The lowest BCUT2D eigenvalue weighted by atomic mass is 9.81. The van der Waals surface area contributed by atoms with Gasteiger partial charge in [-0.05, 0) is 62.7 Å². The number of benzene rings is 3. The molecule has 2 heterocycles. The number of amides is 2. The monoisotopic (exact) mass is 480 g/mol. The van der Waals surface area contributed by atoms with E-state index in [0.717, 1.165) is 33.8 Å². The second-order valence-electron chi connectivity index (χ2n) is 8.88. The van der Waals surface area contributed by atoms with E-state index in [9.17, 15) is 9.59 Å². The van der Waals surface area contributed by atoms with Gasteiger partial charge in [0, 0.05) is 17.0 Å². The molecule has 2 N–H and O–H groups in total. The molecule has 7 nitrogen and oxygen atoms in total. The summed E-state index contributed by atoms with van der Waals surface area (Å²) < 4.78 is 7.38. The first-order valence-electron chi connectivity index (χ1n) is 12.0. The normalized spacial score (nSPS) is 16.7. The smallest absolute Gasteiger partial charge is 0.251 e. The first kappa shape index (κ1) is 23.4. The number of aromatic nitrogens is 2. The Morgan fingerprint density at radius 2 is 1.69 bits per heavy atom. The predicted octanol–water partition coefficient (Wildman–Crippen LogP) is 4.77. The van der Waals surface area contributed by atoms with E-state index >= 15 is 0 Å². The van der Waals surface area contributed by atoms with Crippen molar-refractivity contribution in [2.75, 3.05) is 11.9 Å². The van der Waals surface area contributed by atoms with E-state index in [1.165, 1.54) is 0 Å². The van der Waals surface area contributed by atoms with E-state index < -0.39 is 12.0 Å². The Hall–Kier alpha value is -4.39. The second-order valence-corrected chi connectivity index (χ2v) is 8.88. The quantitative estimate of drug-likeness (QED) is 0.416. The van der Waals surface area contributed by atoms with Crippen molar-refractivity contribution >= 4 is 17.6 Å². The highest BCUT2D eigenvalue weighted by Crippen LogP contribution is 2.41. The number of carbonyl (C=O) groups excluding carboxylic acids is 2. The van der Waals surface area contributed by atoms with Crippen LogP contribution in [0.1, 0.15) is 45.6 Å². The second kappa shape index (κ2) is 9.70. The van der Waals surface area contributed by atoms with E-state index in [0.29, 0.717) is 18.0 Å². The van der Waals surface area contributed by atoms with Gasteiger partial charge in [-0.2, -0.15) is 5.10 Å². The molecule has 7 heteroatoms. The number of fused-ring (bicyclic) bond motifs is 1. The van der Waals surface area contributed by atoms with Crippen LogP contribution in [0, 0.1) is 13.8 Å². The first-order chi connectivity index (χ1) is 17.5. The van der Waals surface area contributed by atoms with E-state index in [2.05, 4.69) is 10.6 Å². The largest absolute Gasteiger partial charge is 0.494 e. The van der Waals surface area contributed by atoms with Crippen molar-refractivity contribution in [3.63, 3.8) is 0 Å². The number of aryl methyl sites for hydroxylation is 2. The van der Waals surface area contributed by atoms with Crippen molar-refractivity contribution in [1.29, 1.82) is 0 Å². The number of ether oxygens (including phenoxy) is 1. The van der Waals surface area contributed by atoms with Gasteiger partial charge in [-0.3, -0.25) is 9.59 Å². The Bertz CT molecular complexity index is 1390. The fraction of sp³-hybridized carbons (Fsp3) is 0.207. The predicted molar refractivity (Wildman–Crippen MR) is 139 cm³/mol. The van der Waals surface area contributed by atoms with Gasteiger partial charge in [0.25, 0.3) is 5.91 Å². The lowest BCUT2D eigenvalue weighted by molar-refractivity contribution is -0.118. The summed E-state index contributed by atoms with van der Waals surface area (Å²) in [6.45, 7) is 6.45. The van der Waals surface area contributed by atoms with Gasteiger partial charge in [0.1, 0.15) is 17.6 Å². The van der Waals surface area contributed by atoms with Crippen molar-refractivity contribution in [1.82, 2.24) is 15.1 Å². The highest BCUT2D eigenvalue weighted by atomic mass is 16.5. The molecule has 0 aliphatic carbocycles. The molecule has 1 aromatic heterocycles. The molecule has 5 rings (SSSR count). The summed E-state index contributed by atoms with van der Waals surface area (Å²) in [5.74, 6) is 0.332. The minimum atomic E-state index is -0.822.